The van der Waals surface area contributed by atoms with E-state index in [-0.39, 0.29) is 5.41 Å². The molecular formula is C10H15NS. The Labute approximate surface area is 77.8 Å². The first-order valence-electron chi connectivity index (χ1n) is 4.56. The number of aryl methyl sites for hydroxylation is 2. The zero-order valence-corrected chi connectivity index (χ0v) is 8.79. The van der Waals surface area contributed by atoms with E-state index in [2.05, 4.69) is 25.8 Å². The smallest absolute Gasteiger partial charge is 0.0984 e. The summed E-state index contributed by atoms with van der Waals surface area (Å²) in [5, 5.41) is 1.31. The first-order chi connectivity index (χ1) is 5.57. The van der Waals surface area contributed by atoms with E-state index in [1.807, 2.05) is 11.3 Å². The molecule has 0 saturated carbocycles. The summed E-state index contributed by atoms with van der Waals surface area (Å²) in [6.07, 6.45) is 3.80. The molecule has 66 valence electrons. The van der Waals surface area contributed by atoms with Crippen molar-refractivity contribution >= 4 is 11.3 Å². The monoisotopic (exact) mass is 181 g/mol. The van der Waals surface area contributed by atoms with Crippen molar-refractivity contribution in [2.75, 3.05) is 0 Å². The van der Waals surface area contributed by atoms with Crippen LogP contribution in [0.5, 0.6) is 0 Å². The van der Waals surface area contributed by atoms with Crippen molar-refractivity contribution in [1.82, 2.24) is 4.98 Å². The molecule has 1 heterocycles. The lowest BCUT2D eigenvalue weighted by Gasteiger charge is -2.13. The van der Waals surface area contributed by atoms with Gasteiger partial charge in [-0.2, -0.15) is 0 Å². The van der Waals surface area contributed by atoms with Crippen LogP contribution in [0.2, 0.25) is 0 Å². The topological polar surface area (TPSA) is 12.9 Å². The highest BCUT2D eigenvalue weighted by Gasteiger charge is 2.23. The van der Waals surface area contributed by atoms with Gasteiger partial charge in [-0.15, -0.1) is 11.3 Å². The van der Waals surface area contributed by atoms with Crippen LogP contribution in [-0.2, 0) is 18.3 Å². The highest BCUT2D eigenvalue weighted by molar-refractivity contribution is 7.12. The molecule has 0 aromatic carbocycles. The number of fused-ring (bicyclic) bond motifs is 1. The predicted molar refractivity (Wildman–Crippen MR) is 52.8 cm³/mol. The van der Waals surface area contributed by atoms with Gasteiger partial charge in [-0.3, -0.25) is 0 Å². The maximum absolute atomic E-state index is 4.68. The Kier molecular flexibility index (Phi) is 1.76. The number of nitrogens with zero attached hydrogens (tertiary/aromatic N) is 1. The second-order valence-corrected chi connectivity index (χ2v) is 5.58. The molecule has 0 amide bonds. The summed E-state index contributed by atoms with van der Waals surface area (Å²) < 4.78 is 0. The average molecular weight is 181 g/mol. The third kappa shape index (κ3) is 1.28. The van der Waals surface area contributed by atoms with Crippen LogP contribution in [0.3, 0.4) is 0 Å². The molecule has 2 heteroatoms. The standard InChI is InChI=1S/C10H15NS/c1-10(2,3)9-11-7-5-4-6-8(7)12-9/h4-6H2,1-3H3. The molecule has 0 radical (unpaired) electrons. The highest BCUT2D eigenvalue weighted by atomic mass is 32.1. The maximum Gasteiger partial charge on any atom is 0.0984 e. The lowest BCUT2D eigenvalue weighted by atomic mass is 9.98. The third-order valence-electron chi connectivity index (χ3n) is 2.24. The largest absolute Gasteiger partial charge is 0.245 e. The fourth-order valence-corrected chi connectivity index (χ4v) is 2.72. The van der Waals surface area contributed by atoms with Crippen LogP contribution in [0.15, 0.2) is 0 Å². The molecule has 1 aromatic rings. The zero-order chi connectivity index (χ0) is 8.77. The molecule has 12 heavy (non-hydrogen) atoms. The quantitative estimate of drug-likeness (QED) is 0.599. The number of aromatic nitrogens is 1. The first kappa shape index (κ1) is 8.24. The van der Waals surface area contributed by atoms with Gasteiger partial charge in [-0.25, -0.2) is 4.98 Å². The lowest BCUT2D eigenvalue weighted by molar-refractivity contribution is 0.583. The molecule has 1 aromatic heterocycles. The lowest BCUT2D eigenvalue weighted by Crippen LogP contribution is -2.10. The van der Waals surface area contributed by atoms with E-state index in [1.54, 1.807) is 4.88 Å². The van der Waals surface area contributed by atoms with Crippen LogP contribution < -0.4 is 0 Å². The van der Waals surface area contributed by atoms with E-state index in [0.29, 0.717) is 0 Å². The van der Waals surface area contributed by atoms with Crippen LogP contribution in [0.4, 0.5) is 0 Å². The Morgan fingerprint density at radius 1 is 1.25 bits per heavy atom. The molecule has 1 aliphatic carbocycles. The number of hydrogen-bond donors (Lipinski definition) is 0. The van der Waals surface area contributed by atoms with Gasteiger partial charge in [0, 0.05) is 10.3 Å². The van der Waals surface area contributed by atoms with Crippen LogP contribution >= 0.6 is 11.3 Å². The van der Waals surface area contributed by atoms with Crippen molar-refractivity contribution in [3.8, 4) is 0 Å². The Balaban J connectivity index is 2.38. The van der Waals surface area contributed by atoms with E-state index < -0.39 is 0 Å². The summed E-state index contributed by atoms with van der Waals surface area (Å²) in [4.78, 5) is 6.22. The molecular weight excluding hydrogens is 166 g/mol. The molecule has 0 spiro atoms. The Bertz CT molecular complexity index is 272. The number of hydrogen-bond acceptors (Lipinski definition) is 2. The second-order valence-electron chi connectivity index (χ2n) is 4.49. The minimum atomic E-state index is 0.245. The molecule has 0 fully saturated rings. The summed E-state index contributed by atoms with van der Waals surface area (Å²) in [5.74, 6) is 0. The minimum Gasteiger partial charge on any atom is -0.245 e. The van der Waals surface area contributed by atoms with Crippen molar-refractivity contribution in [2.45, 2.75) is 45.4 Å². The Morgan fingerprint density at radius 2 is 2.00 bits per heavy atom. The fourth-order valence-electron chi connectivity index (χ4n) is 1.51. The fraction of sp³-hybridized carbons (Fsp3) is 0.700. The van der Waals surface area contributed by atoms with E-state index in [9.17, 15) is 0 Å². The molecule has 0 saturated heterocycles. The normalized spacial score (nSPS) is 16.6. The van der Waals surface area contributed by atoms with Gasteiger partial charge in [0.05, 0.1) is 10.7 Å². The minimum absolute atomic E-state index is 0.245. The van der Waals surface area contributed by atoms with Crippen molar-refractivity contribution in [3.05, 3.63) is 15.6 Å². The molecule has 0 unspecified atom stereocenters. The Hall–Kier alpha value is -0.370. The van der Waals surface area contributed by atoms with E-state index in [4.69, 9.17) is 0 Å². The van der Waals surface area contributed by atoms with Gasteiger partial charge in [0.2, 0.25) is 0 Å². The van der Waals surface area contributed by atoms with Gasteiger partial charge in [0.1, 0.15) is 0 Å². The van der Waals surface area contributed by atoms with E-state index in [0.717, 1.165) is 0 Å². The second kappa shape index (κ2) is 2.56. The van der Waals surface area contributed by atoms with Gasteiger partial charge < -0.3 is 0 Å². The number of rotatable bonds is 0. The summed E-state index contributed by atoms with van der Waals surface area (Å²) in [6, 6.07) is 0. The molecule has 0 N–H and O–H groups in total. The molecule has 2 rings (SSSR count). The molecule has 0 atom stereocenters. The van der Waals surface area contributed by atoms with Crippen molar-refractivity contribution < 1.29 is 0 Å². The first-order valence-corrected chi connectivity index (χ1v) is 5.38. The van der Waals surface area contributed by atoms with E-state index >= 15 is 0 Å². The SMILES string of the molecule is CC(C)(C)c1nc2c(s1)CCC2. The highest BCUT2D eigenvalue weighted by Crippen LogP contribution is 2.33. The van der Waals surface area contributed by atoms with Crippen LogP contribution in [0.25, 0.3) is 0 Å². The van der Waals surface area contributed by atoms with Crippen molar-refractivity contribution in [3.63, 3.8) is 0 Å². The average Bonchev–Trinajstić information content (AvgIpc) is 2.37. The van der Waals surface area contributed by atoms with Crippen molar-refractivity contribution in [2.24, 2.45) is 0 Å². The van der Waals surface area contributed by atoms with Gasteiger partial charge in [-0.05, 0) is 19.3 Å². The summed E-state index contributed by atoms with van der Waals surface area (Å²) in [5.41, 5.74) is 1.62. The van der Waals surface area contributed by atoms with Gasteiger partial charge in [0.15, 0.2) is 0 Å². The van der Waals surface area contributed by atoms with Gasteiger partial charge in [0.25, 0.3) is 0 Å². The van der Waals surface area contributed by atoms with Gasteiger partial charge in [-0.1, -0.05) is 20.8 Å². The van der Waals surface area contributed by atoms with Crippen molar-refractivity contribution in [1.29, 1.82) is 0 Å². The van der Waals surface area contributed by atoms with Crippen LogP contribution in [0.1, 0.15) is 42.8 Å². The molecule has 1 aliphatic rings. The summed E-state index contributed by atoms with van der Waals surface area (Å²) in [7, 11) is 0. The molecule has 0 aliphatic heterocycles. The number of thiazole rings is 1. The van der Waals surface area contributed by atoms with Gasteiger partial charge >= 0.3 is 0 Å². The third-order valence-corrected chi connectivity index (χ3v) is 3.82. The Morgan fingerprint density at radius 3 is 2.58 bits per heavy atom. The maximum atomic E-state index is 4.68. The summed E-state index contributed by atoms with van der Waals surface area (Å²) in [6.45, 7) is 6.71. The zero-order valence-electron chi connectivity index (χ0n) is 7.98. The molecule has 1 nitrogen and oxygen atoms in total. The molecule has 0 bridgehead atoms. The van der Waals surface area contributed by atoms with Crippen LogP contribution in [0, 0.1) is 0 Å². The van der Waals surface area contributed by atoms with E-state index in [1.165, 1.54) is 30.0 Å². The summed E-state index contributed by atoms with van der Waals surface area (Å²) >= 11 is 1.92. The predicted octanol–water partition coefficient (Wildman–Crippen LogP) is 2.93. The van der Waals surface area contributed by atoms with Crippen LogP contribution in [-0.4, -0.2) is 4.98 Å².